The number of aromatic nitrogens is 1. The molecule has 0 fully saturated rings. The van der Waals surface area contributed by atoms with E-state index in [9.17, 15) is 0 Å². The Morgan fingerprint density at radius 2 is 2.12 bits per heavy atom. The number of benzene rings is 1. The molecular formula is C17H22N4O3. The molecule has 7 heteroatoms. The number of fused-ring (bicyclic) bond motifs is 1. The summed E-state index contributed by atoms with van der Waals surface area (Å²) in [6.45, 7) is 3.66. The number of para-hydroxylation sites is 2. The van der Waals surface area contributed by atoms with Gasteiger partial charge in [-0.1, -0.05) is 24.2 Å². The van der Waals surface area contributed by atoms with Crippen LogP contribution in [0.3, 0.4) is 0 Å². The van der Waals surface area contributed by atoms with Crippen molar-refractivity contribution < 1.29 is 14.0 Å². The van der Waals surface area contributed by atoms with Crippen molar-refractivity contribution in [3.8, 4) is 11.5 Å². The second-order valence-electron chi connectivity index (χ2n) is 5.44. The van der Waals surface area contributed by atoms with Crippen molar-refractivity contribution in [3.63, 3.8) is 0 Å². The van der Waals surface area contributed by atoms with Gasteiger partial charge >= 0.3 is 0 Å². The van der Waals surface area contributed by atoms with E-state index in [1.807, 2.05) is 37.3 Å². The molecule has 24 heavy (non-hydrogen) atoms. The highest BCUT2D eigenvalue weighted by Crippen LogP contribution is 2.30. The van der Waals surface area contributed by atoms with Crippen molar-refractivity contribution in [2.75, 3.05) is 20.2 Å². The van der Waals surface area contributed by atoms with E-state index in [-0.39, 0.29) is 6.10 Å². The fraction of sp³-hybridized carbons (Fsp3) is 0.412. The third kappa shape index (κ3) is 3.98. The lowest BCUT2D eigenvalue weighted by Gasteiger charge is -2.27. The monoisotopic (exact) mass is 330 g/mol. The van der Waals surface area contributed by atoms with E-state index < -0.39 is 0 Å². The van der Waals surface area contributed by atoms with Gasteiger partial charge < -0.3 is 24.6 Å². The maximum absolute atomic E-state index is 5.91. The summed E-state index contributed by atoms with van der Waals surface area (Å²) in [5.41, 5.74) is 0.946. The zero-order valence-electron chi connectivity index (χ0n) is 13.9. The Morgan fingerprint density at radius 1 is 1.29 bits per heavy atom. The largest absolute Gasteiger partial charge is 0.486 e. The predicted octanol–water partition coefficient (Wildman–Crippen LogP) is 1.74. The average Bonchev–Trinajstić information content (AvgIpc) is 3.10. The van der Waals surface area contributed by atoms with Gasteiger partial charge in [0, 0.05) is 13.1 Å². The van der Waals surface area contributed by atoms with Crippen LogP contribution in [0.4, 0.5) is 0 Å². The first-order valence-electron chi connectivity index (χ1n) is 8.06. The number of hydrogen-bond acceptors (Lipinski definition) is 5. The molecule has 0 saturated heterocycles. The molecule has 7 nitrogen and oxygen atoms in total. The highest BCUT2D eigenvalue weighted by atomic mass is 16.6. The molecule has 1 aromatic carbocycles. The van der Waals surface area contributed by atoms with Gasteiger partial charge in [-0.25, -0.2) is 0 Å². The third-order valence-electron chi connectivity index (χ3n) is 3.69. The van der Waals surface area contributed by atoms with Gasteiger partial charge in [0.05, 0.1) is 18.8 Å². The first-order valence-corrected chi connectivity index (χ1v) is 8.06. The van der Waals surface area contributed by atoms with E-state index in [1.54, 1.807) is 7.05 Å². The van der Waals surface area contributed by atoms with Crippen molar-refractivity contribution in [3.05, 3.63) is 41.8 Å². The van der Waals surface area contributed by atoms with Crippen LogP contribution in [0, 0.1) is 0 Å². The Balaban J connectivity index is 1.46. The van der Waals surface area contributed by atoms with Crippen molar-refractivity contribution in [1.29, 1.82) is 0 Å². The highest BCUT2D eigenvalue weighted by molar-refractivity contribution is 5.79. The van der Waals surface area contributed by atoms with Crippen LogP contribution in [-0.4, -0.2) is 37.4 Å². The number of aliphatic imine (C=N–C) groups is 1. The van der Waals surface area contributed by atoms with Crippen molar-refractivity contribution in [1.82, 2.24) is 15.8 Å². The number of ether oxygens (including phenoxy) is 2. The molecule has 0 bridgehead atoms. The second kappa shape index (κ2) is 7.72. The Hall–Kier alpha value is -2.70. The Bertz CT molecular complexity index is 699. The minimum absolute atomic E-state index is 0.0737. The van der Waals surface area contributed by atoms with E-state index in [0.717, 1.165) is 29.4 Å². The molecule has 128 valence electrons. The molecule has 0 amide bonds. The zero-order valence-corrected chi connectivity index (χ0v) is 13.9. The van der Waals surface area contributed by atoms with Crippen molar-refractivity contribution >= 4 is 5.96 Å². The molecule has 2 N–H and O–H groups in total. The molecule has 1 aliphatic heterocycles. The Labute approximate surface area is 141 Å². The van der Waals surface area contributed by atoms with Crippen molar-refractivity contribution in [2.24, 2.45) is 4.99 Å². The standard InChI is InChI=1S/C17H22N4O3/c1-3-12-8-13(24-21-12)9-19-17(18-2)20-10-14-11-22-15-6-4-5-7-16(15)23-14/h4-8,14H,3,9-11H2,1-2H3,(H2,18,19,20). The number of nitrogens with zero attached hydrogens (tertiary/aromatic N) is 2. The van der Waals surface area contributed by atoms with Gasteiger partial charge in [0.1, 0.15) is 12.7 Å². The molecule has 3 rings (SSSR count). The summed E-state index contributed by atoms with van der Waals surface area (Å²) >= 11 is 0. The summed E-state index contributed by atoms with van der Waals surface area (Å²) in [5.74, 6) is 3.01. The average molecular weight is 330 g/mol. The number of nitrogens with one attached hydrogen (secondary N) is 2. The van der Waals surface area contributed by atoms with Crippen LogP contribution in [0.15, 0.2) is 39.8 Å². The molecule has 1 aliphatic rings. The van der Waals surface area contributed by atoms with E-state index >= 15 is 0 Å². The minimum Gasteiger partial charge on any atom is -0.486 e. The fourth-order valence-electron chi connectivity index (χ4n) is 2.37. The van der Waals surface area contributed by atoms with Crippen LogP contribution in [0.2, 0.25) is 0 Å². The number of hydrogen-bond donors (Lipinski definition) is 2. The molecule has 0 aliphatic carbocycles. The second-order valence-corrected chi connectivity index (χ2v) is 5.44. The van der Waals surface area contributed by atoms with Crippen LogP contribution in [0.25, 0.3) is 0 Å². The quantitative estimate of drug-likeness (QED) is 0.642. The lowest BCUT2D eigenvalue weighted by Crippen LogP contribution is -2.45. The number of guanidine groups is 1. The summed E-state index contributed by atoms with van der Waals surface area (Å²) in [5, 5.41) is 10.4. The molecule has 2 heterocycles. The van der Waals surface area contributed by atoms with Gasteiger partial charge in [0.15, 0.2) is 23.2 Å². The van der Waals surface area contributed by atoms with Gasteiger partial charge in [0.25, 0.3) is 0 Å². The summed E-state index contributed by atoms with van der Waals surface area (Å²) in [6, 6.07) is 9.61. The third-order valence-corrected chi connectivity index (χ3v) is 3.69. The molecule has 1 unspecified atom stereocenters. The van der Waals surface area contributed by atoms with Gasteiger partial charge in [-0.05, 0) is 18.6 Å². The van der Waals surface area contributed by atoms with Gasteiger partial charge in [-0.15, -0.1) is 0 Å². The maximum Gasteiger partial charge on any atom is 0.191 e. The first-order chi connectivity index (χ1) is 11.8. The maximum atomic E-state index is 5.91. The number of aryl methyl sites for hydroxylation is 1. The van der Waals surface area contributed by atoms with Crippen LogP contribution < -0.4 is 20.1 Å². The van der Waals surface area contributed by atoms with E-state index in [1.165, 1.54) is 0 Å². The highest BCUT2D eigenvalue weighted by Gasteiger charge is 2.20. The normalized spacial score (nSPS) is 16.8. The summed E-state index contributed by atoms with van der Waals surface area (Å²) in [4.78, 5) is 4.19. The lowest BCUT2D eigenvalue weighted by atomic mass is 10.2. The number of rotatable bonds is 5. The summed E-state index contributed by atoms with van der Waals surface area (Å²) < 4.78 is 16.9. The lowest BCUT2D eigenvalue weighted by molar-refractivity contribution is 0.0936. The van der Waals surface area contributed by atoms with E-state index in [0.29, 0.717) is 25.7 Å². The zero-order chi connectivity index (χ0) is 16.8. The first kappa shape index (κ1) is 16.2. The minimum atomic E-state index is -0.0737. The predicted molar refractivity (Wildman–Crippen MR) is 90.4 cm³/mol. The van der Waals surface area contributed by atoms with Gasteiger partial charge in [-0.2, -0.15) is 0 Å². The fourth-order valence-corrected chi connectivity index (χ4v) is 2.37. The molecular weight excluding hydrogens is 308 g/mol. The topological polar surface area (TPSA) is 80.9 Å². The SMILES string of the molecule is CCc1cc(CNC(=NC)NCC2COc3ccccc3O2)on1. The summed E-state index contributed by atoms with van der Waals surface area (Å²) in [7, 11) is 1.72. The molecule has 0 radical (unpaired) electrons. The Kier molecular flexibility index (Phi) is 5.20. The molecule has 1 aromatic heterocycles. The molecule has 1 atom stereocenters. The smallest absolute Gasteiger partial charge is 0.191 e. The Morgan fingerprint density at radius 3 is 2.88 bits per heavy atom. The van der Waals surface area contributed by atoms with Crippen LogP contribution in [-0.2, 0) is 13.0 Å². The molecule has 2 aromatic rings. The van der Waals surface area contributed by atoms with E-state index in [4.69, 9.17) is 14.0 Å². The van der Waals surface area contributed by atoms with Crippen molar-refractivity contribution in [2.45, 2.75) is 26.0 Å². The summed E-state index contributed by atoms with van der Waals surface area (Å²) in [6.07, 6.45) is 0.784. The van der Waals surface area contributed by atoms with Crippen LogP contribution in [0.1, 0.15) is 18.4 Å². The van der Waals surface area contributed by atoms with Crippen LogP contribution >= 0.6 is 0 Å². The molecule has 0 saturated carbocycles. The van der Waals surface area contributed by atoms with Gasteiger partial charge in [0.2, 0.25) is 0 Å². The van der Waals surface area contributed by atoms with Gasteiger partial charge in [-0.3, -0.25) is 4.99 Å². The van der Waals surface area contributed by atoms with E-state index in [2.05, 4.69) is 20.8 Å². The molecule has 0 spiro atoms. The van der Waals surface area contributed by atoms with Crippen LogP contribution in [0.5, 0.6) is 11.5 Å².